The molecule has 2 heterocycles. The fourth-order valence-corrected chi connectivity index (χ4v) is 1.41. The molecular weight excluding hydrogens is 192 g/mol. The van der Waals surface area contributed by atoms with Crippen LogP contribution in [-0.4, -0.2) is 21.5 Å². The number of nitrogens with one attached hydrogen (secondary N) is 1. The number of aromatic nitrogens is 3. The molecule has 0 spiro atoms. The van der Waals surface area contributed by atoms with Crippen LogP contribution in [-0.2, 0) is 20.0 Å². The summed E-state index contributed by atoms with van der Waals surface area (Å²) in [7, 11) is 1.95. The molecule has 0 aliphatic heterocycles. The first-order valence-electron chi connectivity index (χ1n) is 4.93. The zero-order valence-corrected chi connectivity index (χ0v) is 8.68. The van der Waals surface area contributed by atoms with Gasteiger partial charge in [0.05, 0.1) is 5.69 Å². The molecule has 0 saturated heterocycles. The first-order chi connectivity index (χ1) is 7.36. The predicted octanol–water partition coefficient (Wildman–Crippen LogP) is 0.740. The molecule has 2 aromatic heterocycles. The summed E-state index contributed by atoms with van der Waals surface area (Å²) in [6.07, 6.45) is 4.36. The lowest BCUT2D eigenvalue weighted by Gasteiger charge is -2.02. The van der Waals surface area contributed by atoms with Crippen molar-refractivity contribution in [1.82, 2.24) is 20.3 Å². The van der Waals surface area contributed by atoms with Gasteiger partial charge in [0.2, 0.25) is 0 Å². The minimum atomic E-state index is 0.744. The van der Waals surface area contributed by atoms with E-state index in [1.165, 1.54) is 5.69 Å². The van der Waals surface area contributed by atoms with Crippen molar-refractivity contribution in [2.45, 2.75) is 13.0 Å². The highest BCUT2D eigenvalue weighted by atomic mass is 16.5. The van der Waals surface area contributed by atoms with Crippen LogP contribution in [0.3, 0.4) is 0 Å². The lowest BCUT2D eigenvalue weighted by Crippen LogP contribution is -2.18. The van der Waals surface area contributed by atoms with E-state index >= 15 is 0 Å². The zero-order valence-electron chi connectivity index (χ0n) is 8.68. The number of hydrogen-bond acceptors (Lipinski definition) is 4. The van der Waals surface area contributed by atoms with E-state index in [1.807, 2.05) is 30.1 Å². The van der Waals surface area contributed by atoms with E-state index in [0.717, 1.165) is 25.2 Å². The highest BCUT2D eigenvalue weighted by molar-refractivity contribution is 5.00. The molecule has 5 nitrogen and oxygen atoms in total. The minimum absolute atomic E-state index is 0.744. The monoisotopic (exact) mass is 206 g/mol. The Kier molecular flexibility index (Phi) is 3.14. The smallest absolute Gasteiger partial charge is 0.124 e. The van der Waals surface area contributed by atoms with Crippen molar-refractivity contribution >= 4 is 0 Å². The summed E-state index contributed by atoms with van der Waals surface area (Å²) in [6, 6.07) is 3.88. The molecule has 5 heteroatoms. The number of rotatable bonds is 5. The third-order valence-electron chi connectivity index (χ3n) is 2.28. The Morgan fingerprint density at radius 2 is 2.40 bits per heavy atom. The summed E-state index contributed by atoms with van der Waals surface area (Å²) >= 11 is 0. The molecule has 0 fully saturated rings. The Morgan fingerprint density at radius 1 is 1.47 bits per heavy atom. The van der Waals surface area contributed by atoms with Gasteiger partial charge in [0.25, 0.3) is 0 Å². The van der Waals surface area contributed by atoms with E-state index in [9.17, 15) is 0 Å². The molecular formula is C10H14N4O. The molecule has 15 heavy (non-hydrogen) atoms. The summed E-state index contributed by atoms with van der Waals surface area (Å²) in [5.74, 6) is 0. The van der Waals surface area contributed by atoms with Gasteiger partial charge in [-0.2, -0.15) is 5.10 Å². The van der Waals surface area contributed by atoms with E-state index in [0.29, 0.717) is 0 Å². The van der Waals surface area contributed by atoms with Crippen molar-refractivity contribution in [3.63, 3.8) is 0 Å². The molecule has 1 N–H and O–H groups in total. The molecule has 0 unspecified atom stereocenters. The minimum Gasteiger partial charge on any atom is -0.364 e. The third-order valence-corrected chi connectivity index (χ3v) is 2.28. The van der Waals surface area contributed by atoms with Gasteiger partial charge in [-0.3, -0.25) is 4.68 Å². The molecule has 2 rings (SSSR count). The fraction of sp³-hybridized carbons (Fsp3) is 0.400. The highest BCUT2D eigenvalue weighted by Gasteiger charge is 1.98. The van der Waals surface area contributed by atoms with Gasteiger partial charge in [-0.25, -0.2) is 0 Å². The van der Waals surface area contributed by atoms with Crippen LogP contribution in [0.2, 0.25) is 0 Å². The molecule has 0 saturated carbocycles. The van der Waals surface area contributed by atoms with Gasteiger partial charge in [-0.1, -0.05) is 5.16 Å². The average molecular weight is 206 g/mol. The second kappa shape index (κ2) is 4.75. The van der Waals surface area contributed by atoms with Gasteiger partial charge in [0, 0.05) is 44.5 Å². The van der Waals surface area contributed by atoms with Crippen molar-refractivity contribution in [1.29, 1.82) is 0 Å². The number of hydrogen-bond donors (Lipinski definition) is 1. The largest absolute Gasteiger partial charge is 0.364 e. The van der Waals surface area contributed by atoms with Crippen LogP contribution in [0.15, 0.2) is 29.1 Å². The first-order valence-corrected chi connectivity index (χ1v) is 4.93. The van der Waals surface area contributed by atoms with Crippen LogP contribution < -0.4 is 5.32 Å². The van der Waals surface area contributed by atoms with Gasteiger partial charge in [0.15, 0.2) is 0 Å². The van der Waals surface area contributed by atoms with E-state index in [1.54, 1.807) is 6.26 Å². The Hall–Kier alpha value is -1.62. The summed E-state index contributed by atoms with van der Waals surface area (Å²) in [4.78, 5) is 0. The molecule has 0 radical (unpaired) electrons. The maximum absolute atomic E-state index is 4.73. The second-order valence-electron chi connectivity index (χ2n) is 3.36. The van der Waals surface area contributed by atoms with Crippen LogP contribution >= 0.6 is 0 Å². The molecule has 80 valence electrons. The lowest BCUT2D eigenvalue weighted by molar-refractivity contribution is 0.408. The summed E-state index contributed by atoms with van der Waals surface area (Å²) in [5, 5.41) is 11.2. The number of aryl methyl sites for hydroxylation is 1. The van der Waals surface area contributed by atoms with Gasteiger partial charge in [0.1, 0.15) is 6.26 Å². The molecule has 0 bridgehead atoms. The van der Waals surface area contributed by atoms with Gasteiger partial charge in [-0.15, -0.1) is 0 Å². The fourth-order valence-electron chi connectivity index (χ4n) is 1.41. The zero-order chi connectivity index (χ0) is 10.5. The van der Waals surface area contributed by atoms with E-state index in [4.69, 9.17) is 4.52 Å². The highest BCUT2D eigenvalue weighted by Crippen LogP contribution is 1.97. The van der Waals surface area contributed by atoms with Gasteiger partial charge in [-0.05, 0) is 6.07 Å². The number of nitrogens with zero attached hydrogens (tertiary/aromatic N) is 3. The van der Waals surface area contributed by atoms with Gasteiger partial charge >= 0.3 is 0 Å². The normalized spacial score (nSPS) is 10.7. The predicted molar refractivity (Wildman–Crippen MR) is 55.1 cm³/mol. The topological polar surface area (TPSA) is 55.9 Å². The molecule has 0 amide bonds. The summed E-state index contributed by atoms with van der Waals surface area (Å²) in [6.45, 7) is 1.65. The maximum Gasteiger partial charge on any atom is 0.124 e. The third kappa shape index (κ3) is 2.66. The lowest BCUT2D eigenvalue weighted by atomic mass is 10.3. The average Bonchev–Trinajstić information content (AvgIpc) is 2.85. The Balaban J connectivity index is 1.70. The molecule has 0 aromatic carbocycles. The quantitative estimate of drug-likeness (QED) is 0.733. The van der Waals surface area contributed by atoms with Gasteiger partial charge < -0.3 is 9.84 Å². The van der Waals surface area contributed by atoms with Crippen LogP contribution in [0.1, 0.15) is 11.4 Å². The van der Waals surface area contributed by atoms with Crippen molar-refractivity contribution in [2.75, 3.05) is 6.54 Å². The second-order valence-corrected chi connectivity index (χ2v) is 3.36. The van der Waals surface area contributed by atoms with E-state index in [-0.39, 0.29) is 0 Å². The van der Waals surface area contributed by atoms with Crippen LogP contribution in [0.25, 0.3) is 0 Å². The maximum atomic E-state index is 4.73. The Morgan fingerprint density at radius 3 is 3.07 bits per heavy atom. The Bertz CT molecular complexity index is 393. The van der Waals surface area contributed by atoms with Crippen molar-refractivity contribution < 1.29 is 4.52 Å². The van der Waals surface area contributed by atoms with Crippen LogP contribution in [0, 0.1) is 0 Å². The van der Waals surface area contributed by atoms with Crippen LogP contribution in [0.4, 0.5) is 0 Å². The molecule has 0 atom stereocenters. The van der Waals surface area contributed by atoms with E-state index < -0.39 is 0 Å². The van der Waals surface area contributed by atoms with E-state index in [2.05, 4.69) is 15.6 Å². The van der Waals surface area contributed by atoms with Crippen molar-refractivity contribution in [2.24, 2.45) is 7.05 Å². The van der Waals surface area contributed by atoms with Crippen molar-refractivity contribution in [3.8, 4) is 0 Å². The Labute approximate surface area is 88.1 Å². The van der Waals surface area contributed by atoms with Crippen molar-refractivity contribution in [3.05, 3.63) is 36.0 Å². The molecule has 2 aromatic rings. The molecule has 0 aliphatic rings. The summed E-state index contributed by atoms with van der Waals surface area (Å²) < 4.78 is 6.62. The van der Waals surface area contributed by atoms with Crippen LogP contribution in [0.5, 0.6) is 0 Å². The standard InChI is InChI=1S/C10H14N4O/c1-14-10(3-6-12-14)2-5-11-8-9-4-7-15-13-9/h3-4,6-7,11H,2,5,8H2,1H3. The SMILES string of the molecule is Cn1nccc1CCNCc1ccon1. The molecule has 0 aliphatic carbocycles. The summed E-state index contributed by atoms with van der Waals surface area (Å²) in [5.41, 5.74) is 2.16. The first kappa shape index (κ1) is 9.92.